The number of amides is 3. The molecular formula is C35H43N3O4. The standard InChI is InChI=1S/C35H43N3O4/c1-23-20-27-28(35(4,5)16-15-34(27,2)3)22-24(23)21-25-13-14-30(42-25)33(41)37-29-11-7-6-10-26(29)32(40)36-17-9-19-38-18-8-12-31(38)39/h6-7,10-11,13-14,20,22H,8-9,12,15-19,21H2,1-5H3,(H,36,40)(H,37,41). The highest BCUT2D eigenvalue weighted by atomic mass is 16.3. The zero-order valence-corrected chi connectivity index (χ0v) is 25.6. The van der Waals surface area contributed by atoms with Gasteiger partial charge in [-0.15, -0.1) is 0 Å². The third-order valence-corrected chi connectivity index (χ3v) is 9.04. The smallest absolute Gasteiger partial charge is 0.291 e. The Morgan fingerprint density at radius 3 is 2.38 bits per heavy atom. The lowest BCUT2D eigenvalue weighted by Gasteiger charge is -2.42. The SMILES string of the molecule is Cc1cc2c(cc1Cc1ccc(C(=O)Nc3ccccc3C(=O)NCCCN3CCCC3=O)o1)C(C)(C)CCC2(C)C. The number of carbonyl (C=O) groups excluding carboxylic acids is 3. The van der Waals surface area contributed by atoms with Gasteiger partial charge in [0.1, 0.15) is 5.76 Å². The minimum atomic E-state index is -0.404. The first-order valence-corrected chi connectivity index (χ1v) is 15.1. The number of aryl methyl sites for hydroxylation is 1. The van der Waals surface area contributed by atoms with Crippen LogP contribution in [0.25, 0.3) is 0 Å². The van der Waals surface area contributed by atoms with Crippen LogP contribution < -0.4 is 10.6 Å². The van der Waals surface area contributed by atoms with Gasteiger partial charge in [0.15, 0.2) is 5.76 Å². The van der Waals surface area contributed by atoms with Crippen LogP contribution in [0.15, 0.2) is 52.9 Å². The fourth-order valence-corrected chi connectivity index (χ4v) is 6.22. The summed E-state index contributed by atoms with van der Waals surface area (Å²) in [7, 11) is 0. The van der Waals surface area contributed by atoms with Crippen molar-refractivity contribution in [2.75, 3.05) is 25.0 Å². The van der Waals surface area contributed by atoms with E-state index in [1.165, 1.54) is 28.7 Å². The molecule has 1 saturated heterocycles. The van der Waals surface area contributed by atoms with Crippen molar-refractivity contribution in [3.05, 3.63) is 87.9 Å². The molecule has 1 aromatic heterocycles. The summed E-state index contributed by atoms with van der Waals surface area (Å²) in [4.78, 5) is 39.7. The van der Waals surface area contributed by atoms with E-state index >= 15 is 0 Å². The van der Waals surface area contributed by atoms with E-state index in [1.807, 2.05) is 11.0 Å². The second kappa shape index (κ2) is 11.8. The third kappa shape index (κ3) is 6.30. The third-order valence-electron chi connectivity index (χ3n) is 9.04. The first-order valence-electron chi connectivity index (χ1n) is 15.1. The second-order valence-electron chi connectivity index (χ2n) is 13.1. The first kappa shape index (κ1) is 29.6. The summed E-state index contributed by atoms with van der Waals surface area (Å²) in [5, 5.41) is 5.76. The number of hydrogen-bond donors (Lipinski definition) is 2. The van der Waals surface area contributed by atoms with E-state index in [1.54, 1.807) is 30.3 Å². The predicted molar refractivity (Wildman–Crippen MR) is 165 cm³/mol. The van der Waals surface area contributed by atoms with Crippen molar-refractivity contribution in [2.45, 2.75) is 84.0 Å². The molecule has 0 radical (unpaired) electrons. The summed E-state index contributed by atoms with van der Waals surface area (Å²) in [6, 6.07) is 15.2. The van der Waals surface area contributed by atoms with Gasteiger partial charge in [-0.05, 0) is 90.0 Å². The van der Waals surface area contributed by atoms with Crippen LogP contribution in [0.2, 0.25) is 0 Å². The van der Waals surface area contributed by atoms with Crippen LogP contribution in [0, 0.1) is 6.92 Å². The van der Waals surface area contributed by atoms with Gasteiger partial charge in [0.05, 0.1) is 11.3 Å². The van der Waals surface area contributed by atoms with Crippen LogP contribution in [0.3, 0.4) is 0 Å². The number of likely N-dealkylation sites (tertiary alicyclic amines) is 1. The summed E-state index contributed by atoms with van der Waals surface area (Å²) in [6.45, 7) is 13.3. The Kier molecular flexibility index (Phi) is 8.31. The number of nitrogens with one attached hydrogen (secondary N) is 2. The van der Waals surface area contributed by atoms with Crippen molar-refractivity contribution >= 4 is 23.4 Å². The maximum absolute atomic E-state index is 13.1. The summed E-state index contributed by atoms with van der Waals surface area (Å²) in [5.74, 6) is 0.430. The van der Waals surface area contributed by atoms with Crippen molar-refractivity contribution in [2.24, 2.45) is 0 Å². The molecule has 0 unspecified atom stereocenters. The van der Waals surface area contributed by atoms with E-state index in [2.05, 4.69) is 57.4 Å². The minimum Gasteiger partial charge on any atom is -0.456 e. The predicted octanol–water partition coefficient (Wildman–Crippen LogP) is 6.52. The lowest BCUT2D eigenvalue weighted by molar-refractivity contribution is -0.127. The molecule has 1 aliphatic carbocycles. The van der Waals surface area contributed by atoms with Gasteiger partial charge in [-0.2, -0.15) is 0 Å². The van der Waals surface area contributed by atoms with Gasteiger partial charge < -0.3 is 20.0 Å². The summed E-state index contributed by atoms with van der Waals surface area (Å²) in [5.41, 5.74) is 6.35. The Bertz CT molecular complexity index is 1500. The Labute approximate surface area is 249 Å². The molecule has 0 atom stereocenters. The molecule has 1 aliphatic heterocycles. The van der Waals surface area contributed by atoms with E-state index in [-0.39, 0.29) is 28.4 Å². The van der Waals surface area contributed by atoms with Gasteiger partial charge in [-0.1, -0.05) is 52.0 Å². The highest BCUT2D eigenvalue weighted by Crippen LogP contribution is 2.46. The van der Waals surface area contributed by atoms with Gasteiger partial charge in [0.25, 0.3) is 11.8 Å². The molecule has 0 spiro atoms. The van der Waals surface area contributed by atoms with Gasteiger partial charge >= 0.3 is 0 Å². The molecule has 2 aromatic carbocycles. The highest BCUT2D eigenvalue weighted by Gasteiger charge is 2.37. The molecule has 0 bridgehead atoms. The number of benzene rings is 2. The molecule has 2 heterocycles. The molecule has 7 heteroatoms. The van der Waals surface area contributed by atoms with Crippen LogP contribution in [-0.4, -0.2) is 42.3 Å². The maximum atomic E-state index is 13.1. The molecule has 2 aliphatic rings. The average molecular weight is 570 g/mol. The van der Waals surface area contributed by atoms with E-state index in [0.717, 1.165) is 25.1 Å². The fourth-order valence-electron chi connectivity index (χ4n) is 6.22. The molecule has 1 fully saturated rings. The molecule has 7 nitrogen and oxygen atoms in total. The van der Waals surface area contributed by atoms with Crippen molar-refractivity contribution in [1.82, 2.24) is 10.2 Å². The van der Waals surface area contributed by atoms with Crippen LogP contribution in [0.1, 0.15) is 109 Å². The fraction of sp³-hybridized carbons (Fsp3) is 0.457. The summed E-state index contributed by atoms with van der Waals surface area (Å²) >= 11 is 0. The topological polar surface area (TPSA) is 91.7 Å². The molecule has 0 saturated carbocycles. The number of anilines is 1. The number of carbonyl (C=O) groups is 3. The molecule has 5 rings (SSSR count). The molecule has 3 amide bonds. The van der Waals surface area contributed by atoms with E-state index in [0.29, 0.717) is 43.6 Å². The number of furan rings is 1. The number of rotatable bonds is 9. The van der Waals surface area contributed by atoms with Crippen molar-refractivity contribution in [3.8, 4) is 0 Å². The quantitative estimate of drug-likeness (QED) is 0.287. The number of para-hydroxylation sites is 1. The average Bonchev–Trinajstić information content (AvgIpc) is 3.59. The zero-order valence-electron chi connectivity index (χ0n) is 25.6. The van der Waals surface area contributed by atoms with Gasteiger partial charge in [0.2, 0.25) is 5.91 Å². The number of nitrogens with zero attached hydrogens (tertiary/aromatic N) is 1. The van der Waals surface area contributed by atoms with Gasteiger partial charge in [-0.3, -0.25) is 14.4 Å². The summed E-state index contributed by atoms with van der Waals surface area (Å²) < 4.78 is 6.01. The zero-order chi connectivity index (χ0) is 30.1. The largest absolute Gasteiger partial charge is 0.456 e. The molecule has 3 aromatic rings. The van der Waals surface area contributed by atoms with E-state index in [4.69, 9.17) is 4.42 Å². The van der Waals surface area contributed by atoms with Gasteiger partial charge in [0, 0.05) is 32.5 Å². The minimum absolute atomic E-state index is 0.119. The van der Waals surface area contributed by atoms with E-state index < -0.39 is 5.91 Å². The van der Waals surface area contributed by atoms with Crippen LogP contribution in [0.4, 0.5) is 5.69 Å². The Morgan fingerprint density at radius 2 is 1.67 bits per heavy atom. The van der Waals surface area contributed by atoms with Gasteiger partial charge in [-0.25, -0.2) is 0 Å². The highest BCUT2D eigenvalue weighted by molar-refractivity contribution is 6.07. The number of fused-ring (bicyclic) bond motifs is 1. The second-order valence-corrected chi connectivity index (χ2v) is 13.1. The first-order chi connectivity index (χ1) is 19.9. The molecule has 42 heavy (non-hydrogen) atoms. The normalized spacial score (nSPS) is 17.2. The molecule has 2 N–H and O–H groups in total. The van der Waals surface area contributed by atoms with Crippen LogP contribution in [0.5, 0.6) is 0 Å². The van der Waals surface area contributed by atoms with Crippen molar-refractivity contribution < 1.29 is 18.8 Å². The molecule has 222 valence electrons. The Morgan fingerprint density at radius 1 is 0.952 bits per heavy atom. The number of hydrogen-bond acceptors (Lipinski definition) is 4. The maximum Gasteiger partial charge on any atom is 0.291 e. The lowest BCUT2D eigenvalue weighted by Crippen LogP contribution is -2.34. The molecular weight excluding hydrogens is 526 g/mol. The lowest BCUT2D eigenvalue weighted by atomic mass is 9.62. The summed E-state index contributed by atoms with van der Waals surface area (Å²) in [6.07, 6.45) is 5.12. The van der Waals surface area contributed by atoms with Crippen molar-refractivity contribution in [1.29, 1.82) is 0 Å². The van der Waals surface area contributed by atoms with Crippen molar-refractivity contribution in [3.63, 3.8) is 0 Å². The Hall–Kier alpha value is -3.87. The monoisotopic (exact) mass is 569 g/mol. The Balaban J connectivity index is 1.23. The van der Waals surface area contributed by atoms with E-state index in [9.17, 15) is 14.4 Å². The van der Waals surface area contributed by atoms with Crippen LogP contribution >= 0.6 is 0 Å². The van der Waals surface area contributed by atoms with Crippen LogP contribution in [-0.2, 0) is 22.0 Å².